The van der Waals surface area contributed by atoms with E-state index in [9.17, 15) is 18.9 Å². The molecule has 0 heterocycles. The van der Waals surface area contributed by atoms with Crippen LogP contribution in [-0.2, 0) is 15.6 Å². The highest BCUT2D eigenvalue weighted by atomic mass is 32.2. The lowest BCUT2D eigenvalue weighted by Gasteiger charge is -2.21. The largest absolute Gasteiger partial charge is 0.481 e. The summed E-state index contributed by atoms with van der Waals surface area (Å²) in [5.74, 6) is -1.13. The summed E-state index contributed by atoms with van der Waals surface area (Å²) in [7, 11) is -0.927. The molecular formula is C11H22N2O5S. The number of carboxylic acid groups (broad SMARTS) is 1. The second kappa shape index (κ2) is 8.11. The zero-order valence-electron chi connectivity index (χ0n) is 11.4. The molecule has 0 fully saturated rings. The van der Waals surface area contributed by atoms with Crippen LogP contribution in [0.25, 0.3) is 0 Å². The summed E-state index contributed by atoms with van der Waals surface area (Å²) in [4.78, 5) is 21.8. The first-order chi connectivity index (χ1) is 8.64. The van der Waals surface area contributed by atoms with Gasteiger partial charge < -0.3 is 20.8 Å². The van der Waals surface area contributed by atoms with E-state index in [0.717, 1.165) is 0 Å². The Morgan fingerprint density at radius 3 is 2.42 bits per heavy atom. The Morgan fingerprint density at radius 2 is 1.95 bits per heavy atom. The van der Waals surface area contributed by atoms with Gasteiger partial charge in [-0.2, -0.15) is 0 Å². The van der Waals surface area contributed by atoms with Gasteiger partial charge in [-0.15, -0.1) is 0 Å². The summed E-state index contributed by atoms with van der Waals surface area (Å²) in [6, 6.07) is -0.486. The monoisotopic (exact) mass is 294 g/mol. The molecule has 0 radical (unpaired) electrons. The number of carbonyl (C=O) groups excluding carboxylic acids is 1. The molecule has 0 aromatic carbocycles. The molecule has 0 saturated carbocycles. The molecule has 4 N–H and O–H groups in total. The van der Waals surface area contributed by atoms with Crippen molar-refractivity contribution in [3.05, 3.63) is 0 Å². The van der Waals surface area contributed by atoms with Gasteiger partial charge in [0.1, 0.15) is 0 Å². The Labute approximate surface area is 115 Å². The van der Waals surface area contributed by atoms with E-state index in [1.807, 2.05) is 6.92 Å². The Bertz CT molecular complexity index is 346. The van der Waals surface area contributed by atoms with Gasteiger partial charge in [0.25, 0.3) is 0 Å². The van der Waals surface area contributed by atoms with Crippen molar-refractivity contribution in [3.8, 4) is 0 Å². The maximum Gasteiger partial charge on any atom is 0.314 e. The van der Waals surface area contributed by atoms with Crippen LogP contribution < -0.4 is 10.6 Å². The topological polar surface area (TPSA) is 116 Å². The number of urea groups is 1. The molecule has 0 rings (SSSR count). The number of carboxylic acids is 1. The van der Waals surface area contributed by atoms with E-state index in [2.05, 4.69) is 10.6 Å². The van der Waals surface area contributed by atoms with Crippen molar-refractivity contribution in [3.63, 3.8) is 0 Å². The molecule has 0 aliphatic heterocycles. The summed E-state index contributed by atoms with van der Waals surface area (Å²) >= 11 is 0. The van der Waals surface area contributed by atoms with Crippen LogP contribution in [0.4, 0.5) is 4.79 Å². The summed E-state index contributed by atoms with van der Waals surface area (Å²) in [5, 5.41) is 23.1. The number of aliphatic hydroxyl groups is 1. The predicted octanol–water partition coefficient (Wildman–Crippen LogP) is -0.332. The van der Waals surface area contributed by atoms with E-state index < -0.39 is 34.8 Å². The van der Waals surface area contributed by atoms with Crippen molar-refractivity contribution in [2.45, 2.75) is 37.5 Å². The Hall–Kier alpha value is -1.15. The maximum atomic E-state index is 11.4. The van der Waals surface area contributed by atoms with E-state index in [0.29, 0.717) is 13.0 Å². The first-order valence-electron chi connectivity index (χ1n) is 5.92. The fraction of sp³-hybridized carbons (Fsp3) is 0.818. The molecule has 0 saturated heterocycles. The highest BCUT2D eigenvalue weighted by molar-refractivity contribution is 7.84. The van der Waals surface area contributed by atoms with E-state index >= 15 is 0 Å². The quantitative estimate of drug-likeness (QED) is 0.489. The molecular weight excluding hydrogens is 272 g/mol. The van der Waals surface area contributed by atoms with Crippen LogP contribution in [0.5, 0.6) is 0 Å². The van der Waals surface area contributed by atoms with Crippen LogP contribution in [0.1, 0.15) is 26.7 Å². The minimum atomic E-state index is -1.48. The first kappa shape index (κ1) is 17.8. The van der Waals surface area contributed by atoms with Gasteiger partial charge >= 0.3 is 12.0 Å². The molecule has 0 aliphatic carbocycles. The predicted molar refractivity (Wildman–Crippen MR) is 72.4 cm³/mol. The van der Waals surface area contributed by atoms with E-state index in [-0.39, 0.29) is 11.8 Å². The average Bonchev–Trinajstić information content (AvgIpc) is 2.24. The van der Waals surface area contributed by atoms with Crippen molar-refractivity contribution in [2.24, 2.45) is 0 Å². The van der Waals surface area contributed by atoms with Crippen LogP contribution in [-0.4, -0.2) is 56.6 Å². The third kappa shape index (κ3) is 9.43. The standard InChI is InChI=1S/C11H22N2O5S/c1-8(19(3)18)4-5-12-10(16)13-7-11(2,17)6-9(14)15/h8,17H,4-7H2,1-3H3,(H,14,15)(H2,12,13,16). The van der Waals surface area contributed by atoms with Crippen LogP contribution in [0.2, 0.25) is 0 Å². The lowest BCUT2D eigenvalue weighted by atomic mass is 10.0. The number of hydrogen-bond acceptors (Lipinski definition) is 4. The van der Waals surface area contributed by atoms with Gasteiger partial charge in [0.05, 0.1) is 12.0 Å². The van der Waals surface area contributed by atoms with Gasteiger partial charge in [-0.25, -0.2) is 4.79 Å². The van der Waals surface area contributed by atoms with Gasteiger partial charge in [0, 0.05) is 35.4 Å². The highest BCUT2D eigenvalue weighted by Gasteiger charge is 2.24. The van der Waals surface area contributed by atoms with Gasteiger partial charge in [0.15, 0.2) is 0 Å². The van der Waals surface area contributed by atoms with Gasteiger partial charge in [-0.3, -0.25) is 9.00 Å². The van der Waals surface area contributed by atoms with Crippen molar-refractivity contribution >= 4 is 22.8 Å². The smallest absolute Gasteiger partial charge is 0.314 e. The normalized spacial score (nSPS) is 17.1. The number of amides is 2. The molecule has 3 unspecified atom stereocenters. The number of carbonyl (C=O) groups is 2. The molecule has 0 aromatic rings. The molecule has 19 heavy (non-hydrogen) atoms. The number of aliphatic carboxylic acids is 1. The molecule has 8 heteroatoms. The Balaban J connectivity index is 3.87. The van der Waals surface area contributed by atoms with Gasteiger partial charge in [-0.05, 0) is 13.3 Å². The first-order valence-corrected chi connectivity index (χ1v) is 7.54. The van der Waals surface area contributed by atoms with Crippen LogP contribution in [0, 0.1) is 0 Å². The summed E-state index contributed by atoms with van der Waals surface area (Å²) in [5.41, 5.74) is -1.48. The molecule has 0 spiro atoms. The SMILES string of the molecule is CC(CCNC(=O)NCC(C)(O)CC(=O)O)S(C)=O. The Morgan fingerprint density at radius 1 is 1.37 bits per heavy atom. The molecule has 0 aliphatic rings. The number of nitrogens with one attached hydrogen (secondary N) is 2. The van der Waals surface area contributed by atoms with Crippen LogP contribution in [0.3, 0.4) is 0 Å². The molecule has 7 nitrogen and oxygen atoms in total. The lowest BCUT2D eigenvalue weighted by molar-refractivity contribution is -0.141. The fourth-order valence-corrected chi connectivity index (χ4v) is 1.73. The van der Waals surface area contributed by atoms with Crippen molar-refractivity contribution in [1.29, 1.82) is 0 Å². The molecule has 0 bridgehead atoms. The zero-order chi connectivity index (χ0) is 15.1. The third-order valence-electron chi connectivity index (χ3n) is 2.56. The maximum absolute atomic E-state index is 11.4. The zero-order valence-corrected chi connectivity index (χ0v) is 12.2. The van der Waals surface area contributed by atoms with E-state index in [1.54, 1.807) is 6.26 Å². The van der Waals surface area contributed by atoms with E-state index in [4.69, 9.17) is 5.11 Å². The fourth-order valence-electron chi connectivity index (χ4n) is 1.28. The summed E-state index contributed by atoms with van der Waals surface area (Å²) in [6.45, 7) is 3.38. The van der Waals surface area contributed by atoms with Crippen LogP contribution in [0.15, 0.2) is 0 Å². The van der Waals surface area contributed by atoms with Gasteiger partial charge in [0.2, 0.25) is 0 Å². The highest BCUT2D eigenvalue weighted by Crippen LogP contribution is 2.07. The second-order valence-corrected chi connectivity index (χ2v) is 6.58. The summed E-state index contributed by atoms with van der Waals surface area (Å²) < 4.78 is 11.1. The van der Waals surface area contributed by atoms with Crippen molar-refractivity contribution in [1.82, 2.24) is 10.6 Å². The number of rotatable bonds is 8. The molecule has 3 atom stereocenters. The molecule has 2 amide bonds. The van der Waals surface area contributed by atoms with Gasteiger partial charge in [-0.1, -0.05) is 6.92 Å². The molecule has 0 aromatic heterocycles. The number of hydrogen-bond donors (Lipinski definition) is 4. The van der Waals surface area contributed by atoms with Crippen molar-refractivity contribution < 1.29 is 24.0 Å². The minimum Gasteiger partial charge on any atom is -0.481 e. The summed E-state index contributed by atoms with van der Waals surface area (Å²) in [6.07, 6.45) is 1.75. The molecule has 112 valence electrons. The average molecular weight is 294 g/mol. The second-order valence-electron chi connectivity index (χ2n) is 4.77. The Kier molecular flexibility index (Phi) is 7.62. The lowest BCUT2D eigenvalue weighted by Crippen LogP contribution is -2.46. The van der Waals surface area contributed by atoms with E-state index in [1.165, 1.54) is 6.92 Å². The minimum absolute atomic E-state index is 0.00424. The third-order valence-corrected chi connectivity index (χ3v) is 3.93. The van der Waals surface area contributed by atoms with Crippen molar-refractivity contribution in [2.75, 3.05) is 19.3 Å². The van der Waals surface area contributed by atoms with Crippen LogP contribution >= 0.6 is 0 Å².